The first-order chi connectivity index (χ1) is 16.7. The van der Waals surface area contributed by atoms with E-state index in [1.807, 2.05) is 20.8 Å². The van der Waals surface area contributed by atoms with Crippen LogP contribution in [0.25, 0.3) is 22.5 Å². The highest BCUT2D eigenvalue weighted by atomic mass is 32.1. The molecule has 1 aromatic heterocycles. The van der Waals surface area contributed by atoms with Crippen molar-refractivity contribution >= 4 is 25.0 Å². The first-order valence-corrected chi connectivity index (χ1v) is 11.5. The quantitative estimate of drug-likeness (QED) is 0.374. The van der Waals surface area contributed by atoms with Crippen molar-refractivity contribution in [3.63, 3.8) is 0 Å². The summed E-state index contributed by atoms with van der Waals surface area (Å²) in [5, 5.41) is 10.6. The number of halogens is 3. The molecule has 1 atom stereocenters. The SMILES string of the molecule is CC.CC(=N)c1c(N)nc(-c2ccc(-c3cc(C)ccc3F)cc2)nc1OC1CCNCC1(F)F.S. The molecule has 3 aromatic rings. The molecule has 0 spiro atoms. The third-order valence-electron chi connectivity index (χ3n) is 5.52. The largest absolute Gasteiger partial charge is 0.467 e. The molecule has 0 saturated carbocycles. The van der Waals surface area contributed by atoms with E-state index in [1.165, 1.54) is 13.0 Å². The van der Waals surface area contributed by atoms with Crippen molar-refractivity contribution in [3.05, 3.63) is 59.4 Å². The highest BCUT2D eigenvalue weighted by Gasteiger charge is 2.44. The maximum atomic E-state index is 14.3. The molecule has 1 aliphatic heterocycles. The highest BCUT2D eigenvalue weighted by molar-refractivity contribution is 7.59. The lowest BCUT2D eigenvalue weighted by atomic mass is 10.0. The molecule has 4 N–H and O–H groups in total. The summed E-state index contributed by atoms with van der Waals surface area (Å²) in [6, 6.07) is 11.7. The number of nitrogens with two attached hydrogens (primary N) is 1. The third-order valence-corrected chi connectivity index (χ3v) is 5.52. The van der Waals surface area contributed by atoms with Gasteiger partial charge in [-0.15, -0.1) is 0 Å². The first-order valence-electron chi connectivity index (χ1n) is 11.5. The lowest BCUT2D eigenvalue weighted by molar-refractivity contribution is -0.110. The van der Waals surface area contributed by atoms with E-state index in [-0.39, 0.29) is 54.5 Å². The van der Waals surface area contributed by atoms with Crippen molar-refractivity contribution in [3.8, 4) is 28.4 Å². The number of nitrogens with one attached hydrogen (secondary N) is 2. The minimum absolute atomic E-state index is 0. The fourth-order valence-corrected chi connectivity index (χ4v) is 3.78. The van der Waals surface area contributed by atoms with E-state index >= 15 is 0 Å². The minimum Gasteiger partial charge on any atom is -0.467 e. The van der Waals surface area contributed by atoms with Crippen LogP contribution < -0.4 is 15.8 Å². The Labute approximate surface area is 216 Å². The molecule has 1 saturated heterocycles. The zero-order chi connectivity index (χ0) is 25.8. The molecule has 36 heavy (non-hydrogen) atoms. The number of alkyl halides is 2. The van der Waals surface area contributed by atoms with Gasteiger partial charge in [-0.3, -0.25) is 0 Å². The summed E-state index contributed by atoms with van der Waals surface area (Å²) < 4.78 is 48.5. The number of piperidine rings is 1. The number of anilines is 1. The molecule has 0 amide bonds. The molecular weight excluding hydrogens is 487 g/mol. The van der Waals surface area contributed by atoms with Crippen LogP contribution in [0.3, 0.4) is 0 Å². The van der Waals surface area contributed by atoms with Gasteiger partial charge in [0, 0.05) is 23.3 Å². The minimum atomic E-state index is -3.09. The van der Waals surface area contributed by atoms with Crippen molar-refractivity contribution in [2.75, 3.05) is 18.8 Å². The van der Waals surface area contributed by atoms with Gasteiger partial charge in [-0.1, -0.05) is 49.7 Å². The van der Waals surface area contributed by atoms with Crippen LogP contribution in [0, 0.1) is 18.2 Å². The summed E-state index contributed by atoms with van der Waals surface area (Å²) in [5.41, 5.74) is 8.79. The first kappa shape index (κ1) is 29.1. The Kier molecular flexibility index (Phi) is 9.89. The number of rotatable bonds is 5. The van der Waals surface area contributed by atoms with Gasteiger partial charge in [-0.05, 0) is 38.1 Å². The summed E-state index contributed by atoms with van der Waals surface area (Å²) in [7, 11) is 0. The number of aryl methyl sites for hydroxylation is 1. The van der Waals surface area contributed by atoms with E-state index in [1.54, 1.807) is 36.4 Å². The van der Waals surface area contributed by atoms with Gasteiger partial charge < -0.3 is 21.2 Å². The van der Waals surface area contributed by atoms with Crippen molar-refractivity contribution in [2.24, 2.45) is 0 Å². The van der Waals surface area contributed by atoms with Gasteiger partial charge in [0.05, 0.1) is 12.1 Å². The molecule has 1 aliphatic rings. The van der Waals surface area contributed by atoms with Crippen LogP contribution in [-0.4, -0.2) is 40.8 Å². The topological polar surface area (TPSA) is 96.9 Å². The number of aromatic nitrogens is 2. The van der Waals surface area contributed by atoms with Crippen LogP contribution in [0.15, 0.2) is 42.5 Å². The van der Waals surface area contributed by atoms with Crippen LogP contribution in [0.4, 0.5) is 19.0 Å². The summed E-state index contributed by atoms with van der Waals surface area (Å²) in [6.07, 6.45) is -1.31. The number of ether oxygens (including phenoxy) is 1. The van der Waals surface area contributed by atoms with E-state index in [4.69, 9.17) is 15.9 Å². The average molecular weight is 520 g/mol. The highest BCUT2D eigenvalue weighted by Crippen LogP contribution is 2.33. The molecule has 10 heteroatoms. The molecule has 4 rings (SSSR count). The predicted molar refractivity (Wildman–Crippen MR) is 143 cm³/mol. The zero-order valence-electron chi connectivity index (χ0n) is 20.8. The van der Waals surface area contributed by atoms with Crippen LogP contribution >= 0.6 is 13.5 Å². The number of hydrogen-bond donors (Lipinski definition) is 3. The fourth-order valence-electron chi connectivity index (χ4n) is 3.78. The number of nitrogen functional groups attached to an aromatic ring is 1. The van der Waals surface area contributed by atoms with Gasteiger partial charge in [-0.25, -0.2) is 18.2 Å². The summed E-state index contributed by atoms with van der Waals surface area (Å²) in [6.45, 7) is 7.23. The second-order valence-corrected chi connectivity index (χ2v) is 8.13. The Morgan fingerprint density at radius 1 is 1.11 bits per heavy atom. The Hall–Kier alpha value is -3.11. The zero-order valence-corrected chi connectivity index (χ0v) is 21.8. The third kappa shape index (κ3) is 6.36. The van der Waals surface area contributed by atoms with Gasteiger partial charge in [-0.2, -0.15) is 18.5 Å². The monoisotopic (exact) mass is 519 g/mol. The van der Waals surface area contributed by atoms with Crippen molar-refractivity contribution < 1.29 is 17.9 Å². The lowest BCUT2D eigenvalue weighted by Crippen LogP contribution is -2.52. The van der Waals surface area contributed by atoms with E-state index in [0.29, 0.717) is 23.2 Å². The van der Waals surface area contributed by atoms with Crippen LogP contribution in [0.5, 0.6) is 5.88 Å². The van der Waals surface area contributed by atoms with Gasteiger partial charge in [0.1, 0.15) is 11.6 Å². The maximum absolute atomic E-state index is 14.3. The van der Waals surface area contributed by atoms with E-state index < -0.39 is 18.6 Å². The summed E-state index contributed by atoms with van der Waals surface area (Å²) in [4.78, 5) is 8.60. The van der Waals surface area contributed by atoms with E-state index in [9.17, 15) is 13.2 Å². The summed E-state index contributed by atoms with van der Waals surface area (Å²) >= 11 is 0. The normalized spacial score (nSPS) is 16.2. The van der Waals surface area contributed by atoms with Crippen molar-refractivity contribution in [1.29, 1.82) is 5.41 Å². The Balaban J connectivity index is 0.00000148. The lowest BCUT2D eigenvalue weighted by Gasteiger charge is -2.32. The van der Waals surface area contributed by atoms with Crippen LogP contribution in [0.2, 0.25) is 0 Å². The Bertz CT molecular complexity index is 1200. The maximum Gasteiger partial charge on any atom is 0.296 e. The Morgan fingerprint density at radius 2 is 1.75 bits per heavy atom. The standard InChI is InChI=1S/C24H24F3N5O.C2H6.H2S/c1-13-3-8-18(25)17(11-13)15-4-6-16(7-5-15)22-31-21(29)20(14(2)28)23(32-22)33-19-9-10-30-12-24(19,26)27;1-2;/h3-8,11,19,28,30H,9-10,12H2,1-2H3,(H2,29,31,32);1-2H3;1H2. The Morgan fingerprint density at radius 3 is 2.36 bits per heavy atom. The number of benzene rings is 2. The predicted octanol–water partition coefficient (Wildman–Crippen LogP) is 5.74. The van der Waals surface area contributed by atoms with Gasteiger partial charge in [0.25, 0.3) is 5.92 Å². The number of hydrogen-bond acceptors (Lipinski definition) is 6. The molecular formula is C26H32F3N5OS. The molecule has 0 radical (unpaired) electrons. The average Bonchev–Trinajstić information content (AvgIpc) is 2.83. The molecule has 1 fully saturated rings. The van der Waals surface area contributed by atoms with Crippen molar-refractivity contribution in [1.82, 2.24) is 15.3 Å². The number of nitrogens with zero attached hydrogens (tertiary/aromatic N) is 2. The van der Waals surface area contributed by atoms with E-state index in [2.05, 4.69) is 15.3 Å². The molecule has 194 valence electrons. The van der Waals surface area contributed by atoms with Gasteiger partial charge in [0.15, 0.2) is 11.9 Å². The molecule has 6 nitrogen and oxygen atoms in total. The second kappa shape index (κ2) is 12.2. The summed E-state index contributed by atoms with van der Waals surface area (Å²) in [5.74, 6) is -3.44. The molecule has 2 aromatic carbocycles. The molecule has 1 unspecified atom stereocenters. The molecule has 0 bridgehead atoms. The van der Waals surface area contributed by atoms with Crippen molar-refractivity contribution in [2.45, 2.75) is 46.1 Å². The van der Waals surface area contributed by atoms with Gasteiger partial charge >= 0.3 is 0 Å². The van der Waals surface area contributed by atoms with Crippen LogP contribution in [0.1, 0.15) is 38.3 Å². The fraction of sp³-hybridized carbons (Fsp3) is 0.346. The van der Waals surface area contributed by atoms with Gasteiger partial charge in [0.2, 0.25) is 5.88 Å². The van der Waals surface area contributed by atoms with E-state index in [0.717, 1.165) is 5.56 Å². The second-order valence-electron chi connectivity index (χ2n) is 8.13. The molecule has 2 heterocycles. The van der Waals surface area contributed by atoms with Crippen LogP contribution in [-0.2, 0) is 0 Å². The molecule has 0 aliphatic carbocycles. The smallest absolute Gasteiger partial charge is 0.296 e.